The number of nitrogens with zero attached hydrogens (tertiary/aromatic N) is 3. The van der Waals surface area contributed by atoms with Crippen LogP contribution in [0.2, 0.25) is 0 Å². The molecule has 9 nitrogen and oxygen atoms in total. The maximum atomic E-state index is 14.9. The number of hydrogen-bond acceptors (Lipinski definition) is 6. The predicted molar refractivity (Wildman–Crippen MR) is 161 cm³/mol. The number of hydrogen-bond donors (Lipinski definition) is 1. The second kappa shape index (κ2) is 11.9. The summed E-state index contributed by atoms with van der Waals surface area (Å²) in [6, 6.07) is 17.3. The highest BCUT2D eigenvalue weighted by atomic mass is 16.5. The Morgan fingerprint density at radius 2 is 1.62 bits per heavy atom. The topological polar surface area (TPSA) is 108 Å². The van der Waals surface area contributed by atoms with Crippen LogP contribution in [0.5, 0.6) is 0 Å². The molecule has 42 heavy (non-hydrogen) atoms. The molecule has 9 heteroatoms. The number of carbonyl (C=O) groups is 4. The summed E-state index contributed by atoms with van der Waals surface area (Å²) in [5.74, 6) is -2.72. The minimum Gasteiger partial charge on any atom is -0.473 e. The summed E-state index contributed by atoms with van der Waals surface area (Å²) in [7, 11) is 0. The molecule has 2 heterocycles. The van der Waals surface area contributed by atoms with Crippen LogP contribution >= 0.6 is 0 Å². The van der Waals surface area contributed by atoms with Gasteiger partial charge in [-0.15, -0.1) is 0 Å². The Morgan fingerprint density at radius 3 is 2.12 bits per heavy atom. The van der Waals surface area contributed by atoms with Gasteiger partial charge in [-0.2, -0.15) is 0 Å². The molecule has 3 amide bonds. The number of rotatable bonds is 9. The molecule has 2 aromatic carbocycles. The van der Waals surface area contributed by atoms with Gasteiger partial charge in [0.05, 0.1) is 11.2 Å². The van der Waals surface area contributed by atoms with Crippen LogP contribution in [0.3, 0.4) is 0 Å². The number of benzene rings is 2. The molecule has 0 saturated heterocycles. The number of Topliss-reactive ketones (excluding diaryl/α,β-unsaturated/α-hetero) is 1. The maximum Gasteiger partial charge on any atom is 0.263 e. The molecule has 0 unspecified atom stereocenters. The second-order valence-electron chi connectivity index (χ2n) is 12.2. The standard InChI is InChI=1S/C33H40N4O5/c1-21(2)27-31(41)37(26(25-16-12-9-13-17-25)19-36(27)30(40)22(3)4)33(34-23(5)38,18-24-14-10-8-11-15-24)28(39)29-35-32(6,7)20-42-29/h8-17,19,21-22,27H,18,20H2,1-7H3,(H,34,38)/t27-,33+/m1/s1. The van der Waals surface area contributed by atoms with Crippen molar-refractivity contribution in [2.24, 2.45) is 16.8 Å². The van der Waals surface area contributed by atoms with Crippen LogP contribution in [0, 0.1) is 11.8 Å². The molecule has 2 aliphatic heterocycles. The van der Waals surface area contributed by atoms with Crippen molar-refractivity contribution in [3.05, 3.63) is 78.0 Å². The Morgan fingerprint density at radius 1 is 1.02 bits per heavy atom. The highest BCUT2D eigenvalue weighted by Crippen LogP contribution is 2.38. The van der Waals surface area contributed by atoms with E-state index in [1.165, 1.54) is 16.7 Å². The second-order valence-corrected chi connectivity index (χ2v) is 12.2. The van der Waals surface area contributed by atoms with Crippen molar-refractivity contribution in [1.29, 1.82) is 0 Å². The van der Waals surface area contributed by atoms with E-state index in [-0.39, 0.29) is 36.7 Å². The average molecular weight is 573 g/mol. The Balaban J connectivity index is 2.07. The van der Waals surface area contributed by atoms with Crippen LogP contribution in [0.25, 0.3) is 5.70 Å². The summed E-state index contributed by atoms with van der Waals surface area (Å²) >= 11 is 0. The van der Waals surface area contributed by atoms with E-state index in [2.05, 4.69) is 10.3 Å². The summed E-state index contributed by atoms with van der Waals surface area (Å²) in [6.45, 7) is 12.4. The lowest BCUT2D eigenvalue weighted by Gasteiger charge is -2.49. The molecule has 4 rings (SSSR count). The van der Waals surface area contributed by atoms with Gasteiger partial charge in [0.15, 0.2) is 5.66 Å². The fourth-order valence-corrected chi connectivity index (χ4v) is 5.43. The van der Waals surface area contributed by atoms with Crippen molar-refractivity contribution in [2.45, 2.75) is 72.1 Å². The van der Waals surface area contributed by atoms with Gasteiger partial charge in [-0.3, -0.25) is 24.1 Å². The van der Waals surface area contributed by atoms with Crippen molar-refractivity contribution in [3.63, 3.8) is 0 Å². The minimum atomic E-state index is -1.95. The molecule has 0 bridgehead atoms. The molecule has 1 N–H and O–H groups in total. The zero-order valence-electron chi connectivity index (χ0n) is 25.4. The number of aliphatic imine (C=N–C) groups is 1. The lowest BCUT2D eigenvalue weighted by atomic mass is 9.87. The molecule has 2 aliphatic rings. The van der Waals surface area contributed by atoms with E-state index in [9.17, 15) is 19.2 Å². The number of amides is 3. The van der Waals surface area contributed by atoms with Gasteiger partial charge in [-0.25, -0.2) is 4.99 Å². The number of carbonyl (C=O) groups excluding carboxylic acids is 4. The van der Waals surface area contributed by atoms with Crippen molar-refractivity contribution < 1.29 is 23.9 Å². The number of ketones is 1. The first-order chi connectivity index (χ1) is 19.8. The van der Waals surface area contributed by atoms with E-state index >= 15 is 0 Å². The lowest BCUT2D eigenvalue weighted by Crippen LogP contribution is -2.72. The van der Waals surface area contributed by atoms with E-state index in [1.54, 1.807) is 32.2 Å². The first-order valence-electron chi connectivity index (χ1n) is 14.3. The molecule has 0 spiro atoms. The maximum absolute atomic E-state index is 14.9. The first kappa shape index (κ1) is 30.7. The first-order valence-corrected chi connectivity index (χ1v) is 14.3. The van der Waals surface area contributed by atoms with Crippen molar-refractivity contribution in [1.82, 2.24) is 15.1 Å². The average Bonchev–Trinajstić information content (AvgIpc) is 3.31. The monoisotopic (exact) mass is 572 g/mol. The minimum absolute atomic E-state index is 0.0616. The van der Waals surface area contributed by atoms with E-state index in [1.807, 2.05) is 76.2 Å². The van der Waals surface area contributed by atoms with Crippen LogP contribution in [0.4, 0.5) is 0 Å². The van der Waals surface area contributed by atoms with Gasteiger partial charge < -0.3 is 15.0 Å². The van der Waals surface area contributed by atoms with Crippen LogP contribution in [-0.4, -0.2) is 63.1 Å². The fraction of sp³-hybridized carbons (Fsp3) is 0.424. The number of nitrogens with one attached hydrogen (secondary N) is 1. The third-order valence-electron chi connectivity index (χ3n) is 7.33. The molecule has 0 saturated carbocycles. The van der Waals surface area contributed by atoms with Crippen LogP contribution in [0.1, 0.15) is 59.6 Å². The quantitative estimate of drug-likeness (QED) is 0.485. The molecule has 0 radical (unpaired) electrons. The van der Waals surface area contributed by atoms with E-state index < -0.39 is 34.8 Å². The van der Waals surface area contributed by atoms with E-state index in [0.29, 0.717) is 16.8 Å². The predicted octanol–water partition coefficient (Wildman–Crippen LogP) is 4.19. The highest BCUT2D eigenvalue weighted by molar-refractivity contribution is 6.41. The highest BCUT2D eigenvalue weighted by Gasteiger charge is 2.56. The SMILES string of the molecule is CC(=O)N[C@](Cc1ccccc1)(C(=O)C1=NC(C)(C)CO1)N1C(=O)[C@@H](C(C)C)N(C(=O)C(C)C)C=C1c1ccccc1. The van der Waals surface area contributed by atoms with Gasteiger partial charge in [-0.1, -0.05) is 88.4 Å². The van der Waals surface area contributed by atoms with Crippen molar-refractivity contribution >= 4 is 35.1 Å². The molecule has 0 aliphatic carbocycles. The van der Waals surface area contributed by atoms with Crippen LogP contribution in [0.15, 0.2) is 71.9 Å². The summed E-state index contributed by atoms with van der Waals surface area (Å²) in [4.78, 5) is 63.5. The van der Waals surface area contributed by atoms with Gasteiger partial charge >= 0.3 is 0 Å². The van der Waals surface area contributed by atoms with Crippen LogP contribution in [-0.2, 0) is 30.3 Å². The smallest absolute Gasteiger partial charge is 0.263 e. The summed E-state index contributed by atoms with van der Waals surface area (Å²) < 4.78 is 5.81. The van der Waals surface area contributed by atoms with Gasteiger partial charge in [-0.05, 0) is 30.9 Å². The molecule has 2 aromatic rings. The summed E-state index contributed by atoms with van der Waals surface area (Å²) in [5.41, 5.74) is -1.00. The third kappa shape index (κ3) is 6.00. The Bertz CT molecular complexity index is 1410. The molecular formula is C33H40N4O5. The molecular weight excluding hydrogens is 532 g/mol. The molecule has 0 fully saturated rings. The summed E-state index contributed by atoms with van der Waals surface area (Å²) in [5, 5.41) is 2.88. The zero-order chi connectivity index (χ0) is 30.8. The lowest BCUT2D eigenvalue weighted by molar-refractivity contribution is -0.154. The summed E-state index contributed by atoms with van der Waals surface area (Å²) in [6.07, 6.45) is 1.58. The number of ether oxygens (including phenoxy) is 1. The fourth-order valence-electron chi connectivity index (χ4n) is 5.43. The van der Waals surface area contributed by atoms with Gasteiger partial charge in [0.2, 0.25) is 11.8 Å². The van der Waals surface area contributed by atoms with Gasteiger partial charge in [0.25, 0.3) is 17.6 Å². The van der Waals surface area contributed by atoms with Gasteiger partial charge in [0, 0.05) is 25.5 Å². The molecule has 2 atom stereocenters. The Labute approximate surface area is 247 Å². The molecule has 222 valence electrons. The van der Waals surface area contributed by atoms with E-state index in [0.717, 1.165) is 0 Å². The largest absolute Gasteiger partial charge is 0.473 e. The van der Waals surface area contributed by atoms with E-state index in [4.69, 9.17) is 4.74 Å². The van der Waals surface area contributed by atoms with Gasteiger partial charge in [0.1, 0.15) is 12.6 Å². The zero-order valence-corrected chi connectivity index (χ0v) is 25.4. The normalized spacial score (nSPS) is 19.6. The molecule has 0 aromatic heterocycles. The third-order valence-corrected chi connectivity index (χ3v) is 7.33. The van der Waals surface area contributed by atoms with Crippen molar-refractivity contribution in [3.8, 4) is 0 Å². The Hall–Kier alpha value is -4.27. The van der Waals surface area contributed by atoms with Crippen LogP contribution < -0.4 is 5.32 Å². The Kier molecular flexibility index (Phi) is 8.71. The van der Waals surface area contributed by atoms with Crippen molar-refractivity contribution in [2.75, 3.05) is 6.61 Å².